The average molecular weight is 282 g/mol. The van der Waals surface area contributed by atoms with Crippen molar-refractivity contribution in [3.63, 3.8) is 0 Å². The highest BCUT2D eigenvalue weighted by Gasteiger charge is 2.62. The maximum absolute atomic E-state index is 12.4. The maximum atomic E-state index is 12.4. The van der Waals surface area contributed by atoms with Crippen molar-refractivity contribution in [2.75, 3.05) is 11.5 Å². The summed E-state index contributed by atoms with van der Waals surface area (Å²) >= 11 is 0. The largest absolute Gasteiger partial charge is 0.461 e. The normalized spacial score (nSPS) is 13.8. The summed E-state index contributed by atoms with van der Waals surface area (Å²) < 4.78 is 81.8. The predicted octanol–water partition coefficient (Wildman–Crippen LogP) is 1.97. The van der Waals surface area contributed by atoms with Gasteiger partial charge in [-0.3, -0.25) is 4.79 Å². The third kappa shape index (κ3) is 4.57. The lowest BCUT2D eigenvalue weighted by Gasteiger charge is -2.17. The molecule has 17 heavy (non-hydrogen) atoms. The molecule has 0 aliphatic heterocycles. The molecule has 0 aromatic rings. The number of Topliss-reactive ketones (excluding diaryl/α,β-unsaturated/α-hetero) is 1. The monoisotopic (exact) mass is 282 g/mol. The summed E-state index contributed by atoms with van der Waals surface area (Å²) in [5.74, 6) is -8.56. The highest BCUT2D eigenvalue weighted by Crippen LogP contribution is 2.37. The van der Waals surface area contributed by atoms with E-state index in [1.54, 1.807) is 0 Å². The number of halogens is 5. The van der Waals surface area contributed by atoms with Gasteiger partial charge in [0.1, 0.15) is 9.84 Å². The fourth-order valence-electron chi connectivity index (χ4n) is 0.912. The molecule has 0 radical (unpaired) electrons. The summed E-state index contributed by atoms with van der Waals surface area (Å²) in [6, 6.07) is 0. The van der Waals surface area contributed by atoms with Crippen LogP contribution in [0.5, 0.6) is 0 Å². The molecule has 0 bridgehead atoms. The zero-order valence-electron chi connectivity index (χ0n) is 8.85. The van der Waals surface area contributed by atoms with Crippen LogP contribution in [0, 0.1) is 0 Å². The highest BCUT2D eigenvalue weighted by molar-refractivity contribution is 7.91. The van der Waals surface area contributed by atoms with Crippen molar-refractivity contribution >= 4 is 15.6 Å². The standard InChI is InChI=1S/C8H11F5O3S/c1-2-17(15,16)5-3-4-6(14)7(9,10)8(11,12)13/h2-5H2,1H3. The highest BCUT2D eigenvalue weighted by atomic mass is 32.2. The Morgan fingerprint density at radius 3 is 1.94 bits per heavy atom. The Hall–Kier alpha value is -0.730. The van der Waals surface area contributed by atoms with Crippen LogP contribution in [-0.4, -0.2) is 37.8 Å². The first kappa shape index (κ1) is 16.3. The van der Waals surface area contributed by atoms with Gasteiger partial charge in [-0.2, -0.15) is 22.0 Å². The van der Waals surface area contributed by atoms with E-state index in [-0.39, 0.29) is 5.75 Å². The van der Waals surface area contributed by atoms with Gasteiger partial charge in [0.25, 0.3) is 0 Å². The van der Waals surface area contributed by atoms with E-state index in [9.17, 15) is 35.2 Å². The van der Waals surface area contributed by atoms with Crippen molar-refractivity contribution in [1.82, 2.24) is 0 Å². The molecule has 9 heteroatoms. The van der Waals surface area contributed by atoms with E-state index in [4.69, 9.17) is 0 Å². The molecule has 0 rings (SSSR count). The zero-order valence-corrected chi connectivity index (χ0v) is 9.67. The third-order valence-electron chi connectivity index (χ3n) is 2.01. The van der Waals surface area contributed by atoms with E-state index < -0.39 is 46.3 Å². The van der Waals surface area contributed by atoms with E-state index in [1.807, 2.05) is 0 Å². The van der Waals surface area contributed by atoms with Crippen molar-refractivity contribution in [1.29, 1.82) is 0 Å². The Kier molecular flexibility index (Phi) is 5.05. The minimum absolute atomic E-state index is 0.253. The molecule has 0 saturated carbocycles. The van der Waals surface area contributed by atoms with E-state index in [2.05, 4.69) is 0 Å². The van der Waals surface area contributed by atoms with Crippen molar-refractivity contribution in [3.05, 3.63) is 0 Å². The molecule has 0 spiro atoms. The summed E-state index contributed by atoms with van der Waals surface area (Å²) in [6.07, 6.45) is -7.60. The maximum Gasteiger partial charge on any atom is 0.461 e. The first-order valence-corrected chi connectivity index (χ1v) is 6.44. The van der Waals surface area contributed by atoms with Crippen LogP contribution in [0.1, 0.15) is 19.8 Å². The molecule has 0 N–H and O–H groups in total. The smallest absolute Gasteiger partial charge is 0.293 e. The summed E-state index contributed by atoms with van der Waals surface area (Å²) in [6.45, 7) is 1.31. The van der Waals surface area contributed by atoms with Crippen molar-refractivity contribution in [2.24, 2.45) is 0 Å². The third-order valence-corrected chi connectivity index (χ3v) is 3.80. The van der Waals surface area contributed by atoms with E-state index in [0.29, 0.717) is 0 Å². The summed E-state index contributed by atoms with van der Waals surface area (Å²) in [4.78, 5) is 10.6. The Bertz CT molecular complexity index is 371. The van der Waals surface area contributed by atoms with Gasteiger partial charge in [-0.05, 0) is 6.42 Å². The molecule has 0 atom stereocenters. The van der Waals surface area contributed by atoms with E-state index >= 15 is 0 Å². The molecule has 0 fully saturated rings. The molecule has 0 aromatic carbocycles. The van der Waals surface area contributed by atoms with Crippen LogP contribution in [0.3, 0.4) is 0 Å². The quantitative estimate of drug-likeness (QED) is 0.700. The van der Waals surface area contributed by atoms with Gasteiger partial charge in [0.15, 0.2) is 0 Å². The number of carbonyl (C=O) groups is 1. The van der Waals surface area contributed by atoms with Crippen molar-refractivity contribution in [3.8, 4) is 0 Å². The second-order valence-corrected chi connectivity index (χ2v) is 5.81. The number of hydrogen-bond acceptors (Lipinski definition) is 3. The molecule has 3 nitrogen and oxygen atoms in total. The Balaban J connectivity index is 4.40. The molecule has 0 aliphatic carbocycles. The number of rotatable bonds is 6. The molecule has 0 unspecified atom stereocenters. The van der Waals surface area contributed by atoms with Gasteiger partial charge in [0.2, 0.25) is 5.78 Å². The van der Waals surface area contributed by atoms with E-state index in [1.165, 1.54) is 6.92 Å². The number of alkyl halides is 5. The molecular weight excluding hydrogens is 271 g/mol. The Morgan fingerprint density at radius 1 is 1.12 bits per heavy atom. The number of carbonyl (C=O) groups excluding carboxylic acids is 1. The van der Waals surface area contributed by atoms with Gasteiger partial charge in [-0.15, -0.1) is 0 Å². The molecule has 0 heterocycles. The zero-order chi connectivity index (χ0) is 13.9. The molecule has 0 aliphatic rings. The van der Waals surface area contributed by atoms with Crippen LogP contribution in [-0.2, 0) is 14.6 Å². The van der Waals surface area contributed by atoms with Crippen LogP contribution >= 0.6 is 0 Å². The number of sulfone groups is 1. The topological polar surface area (TPSA) is 51.2 Å². The van der Waals surface area contributed by atoms with E-state index in [0.717, 1.165) is 0 Å². The second-order valence-electron chi connectivity index (χ2n) is 3.34. The lowest BCUT2D eigenvalue weighted by Crippen LogP contribution is -2.44. The summed E-state index contributed by atoms with van der Waals surface area (Å²) in [7, 11) is -3.47. The molecule has 102 valence electrons. The van der Waals surface area contributed by atoms with Crippen molar-refractivity contribution < 1.29 is 35.2 Å². The van der Waals surface area contributed by atoms with Gasteiger partial charge in [0.05, 0.1) is 5.75 Å². The summed E-state index contributed by atoms with van der Waals surface area (Å²) in [5, 5.41) is 0. The van der Waals surface area contributed by atoms with Crippen LogP contribution < -0.4 is 0 Å². The van der Waals surface area contributed by atoms with Gasteiger partial charge >= 0.3 is 12.1 Å². The van der Waals surface area contributed by atoms with Gasteiger partial charge in [-0.25, -0.2) is 8.42 Å². The van der Waals surface area contributed by atoms with Crippen molar-refractivity contribution in [2.45, 2.75) is 31.9 Å². The molecular formula is C8H11F5O3S. The Labute approximate surface area is 94.9 Å². The fourth-order valence-corrected chi connectivity index (χ4v) is 1.78. The molecule has 0 saturated heterocycles. The molecule has 0 aromatic heterocycles. The minimum Gasteiger partial charge on any atom is -0.293 e. The fraction of sp³-hybridized carbons (Fsp3) is 0.875. The van der Waals surface area contributed by atoms with Gasteiger partial charge in [0, 0.05) is 12.2 Å². The number of ketones is 1. The van der Waals surface area contributed by atoms with Crippen LogP contribution in [0.2, 0.25) is 0 Å². The first-order chi connectivity index (χ1) is 7.44. The first-order valence-electron chi connectivity index (χ1n) is 4.62. The van der Waals surface area contributed by atoms with Crippen LogP contribution in [0.15, 0.2) is 0 Å². The Morgan fingerprint density at radius 2 is 1.59 bits per heavy atom. The van der Waals surface area contributed by atoms with Gasteiger partial charge in [-0.1, -0.05) is 6.92 Å². The van der Waals surface area contributed by atoms with Gasteiger partial charge < -0.3 is 0 Å². The minimum atomic E-state index is -5.94. The molecule has 0 amide bonds. The van der Waals surface area contributed by atoms with Crippen LogP contribution in [0.25, 0.3) is 0 Å². The second kappa shape index (κ2) is 5.28. The average Bonchev–Trinajstić information content (AvgIpc) is 2.15. The lowest BCUT2D eigenvalue weighted by atomic mass is 10.1. The lowest BCUT2D eigenvalue weighted by molar-refractivity contribution is -0.268. The van der Waals surface area contributed by atoms with Crippen LogP contribution in [0.4, 0.5) is 22.0 Å². The predicted molar refractivity (Wildman–Crippen MR) is 49.6 cm³/mol. The summed E-state index contributed by atoms with van der Waals surface area (Å²) in [5.41, 5.74) is 0. The SMILES string of the molecule is CCS(=O)(=O)CCCC(=O)C(F)(F)C(F)(F)F. The number of hydrogen-bond donors (Lipinski definition) is 0.